The highest BCUT2D eigenvalue weighted by Crippen LogP contribution is 2.60. The summed E-state index contributed by atoms with van der Waals surface area (Å²) in [4.78, 5) is 23.0. The molecule has 2 aliphatic carbocycles. The second-order valence-electron chi connectivity index (χ2n) is 17.3. The number of hydrogen-bond donors (Lipinski definition) is 0. The average molecular weight is 774 g/mol. The van der Waals surface area contributed by atoms with Crippen molar-refractivity contribution in [2.24, 2.45) is 11.3 Å². The molecular weight excluding hydrogens is 717 g/mol. The molecule has 1 saturated carbocycles. The summed E-state index contributed by atoms with van der Waals surface area (Å²) in [5, 5.41) is 5.27. The van der Waals surface area contributed by atoms with Crippen molar-refractivity contribution in [3.05, 3.63) is 27.9 Å². The van der Waals surface area contributed by atoms with Gasteiger partial charge in [0.2, 0.25) is 5.91 Å². The molecule has 1 unspecified atom stereocenters. The lowest BCUT2D eigenvalue weighted by molar-refractivity contribution is -0.124. The predicted octanol–water partition coefficient (Wildman–Crippen LogP) is 7.10. The van der Waals surface area contributed by atoms with Crippen molar-refractivity contribution in [1.29, 1.82) is 0 Å². The number of carbonyl (C=O) groups excluding carboxylic acids is 1. The number of anilines is 1. The zero-order chi connectivity index (χ0) is 35.3. The fourth-order valence-corrected chi connectivity index (χ4v) is 9.30. The molecule has 6 rings (SSSR count). The van der Waals surface area contributed by atoms with E-state index in [1.165, 1.54) is 17.7 Å². The van der Waals surface area contributed by atoms with Gasteiger partial charge in [-0.05, 0) is 77.7 Å². The molecule has 0 bridgehead atoms. The van der Waals surface area contributed by atoms with Gasteiger partial charge in [-0.1, -0.05) is 46.2 Å². The van der Waals surface area contributed by atoms with Crippen LogP contribution in [-0.2, 0) is 45.3 Å². The minimum absolute atomic E-state index is 0.0470. The maximum atomic E-state index is 13.7. The Morgan fingerprint density at radius 1 is 1.08 bits per heavy atom. The fraction of sp³-hybridized carbons (Fsp3) is 0.694. The lowest BCUT2D eigenvalue weighted by Crippen LogP contribution is -2.50. The fourth-order valence-electron chi connectivity index (χ4n) is 7.19. The van der Waals surface area contributed by atoms with Crippen LogP contribution in [0, 0.1) is 11.3 Å². The number of fused-ring (bicyclic) bond motifs is 3. The third-order valence-electron chi connectivity index (χ3n) is 10.8. The van der Waals surface area contributed by atoms with Crippen LogP contribution in [0.15, 0.2) is 16.6 Å². The van der Waals surface area contributed by atoms with Crippen LogP contribution in [0.5, 0.6) is 0 Å². The number of likely N-dealkylation sites (N-methyl/N-ethyl adjacent to an activating group) is 1. The topological polar surface area (TPSA) is 86.9 Å². The Hall–Kier alpha value is -1.88. The largest absolute Gasteiger partial charge is 0.379 e. The van der Waals surface area contributed by atoms with Gasteiger partial charge in [-0.25, -0.2) is 9.67 Å². The molecule has 1 aromatic carbocycles. The number of amides is 1. The minimum Gasteiger partial charge on any atom is -0.379 e. The van der Waals surface area contributed by atoms with Crippen LogP contribution in [0.1, 0.15) is 31.5 Å². The van der Waals surface area contributed by atoms with Crippen LogP contribution in [0.2, 0.25) is 51.4 Å². The lowest BCUT2D eigenvalue weighted by atomic mass is 9.87. The summed E-state index contributed by atoms with van der Waals surface area (Å²) in [5.41, 5.74) is 6.47. The molecule has 2 aromatic heterocycles. The number of nitrogens with zero attached hydrogens (tertiary/aromatic N) is 6. The van der Waals surface area contributed by atoms with E-state index in [1.54, 1.807) is 4.90 Å². The normalized spacial score (nSPS) is 21.9. The Labute approximate surface area is 303 Å². The van der Waals surface area contributed by atoms with E-state index in [9.17, 15) is 4.79 Å². The van der Waals surface area contributed by atoms with E-state index in [-0.39, 0.29) is 11.9 Å². The van der Waals surface area contributed by atoms with Crippen LogP contribution < -0.4 is 4.90 Å². The van der Waals surface area contributed by atoms with E-state index in [0.717, 1.165) is 77.3 Å². The number of benzene rings is 1. The third-order valence-corrected chi connectivity index (χ3v) is 14.9. The van der Waals surface area contributed by atoms with Crippen molar-refractivity contribution in [2.45, 2.75) is 104 Å². The molecule has 1 saturated heterocycles. The lowest BCUT2D eigenvalue weighted by Gasteiger charge is -2.33. The quantitative estimate of drug-likeness (QED) is 0.128. The smallest absolute Gasteiger partial charge is 0.243 e. The first kappa shape index (κ1) is 36.9. The molecule has 3 aromatic rings. The molecule has 0 spiro atoms. The first-order chi connectivity index (χ1) is 23.0. The molecule has 10 nitrogen and oxygen atoms in total. The monoisotopic (exact) mass is 772 g/mol. The van der Waals surface area contributed by atoms with E-state index in [1.807, 2.05) is 20.0 Å². The van der Waals surface area contributed by atoms with Crippen molar-refractivity contribution in [3.8, 4) is 11.5 Å². The molecule has 13 heteroatoms. The molecule has 3 aliphatic rings. The molecular formula is C36H57BrN6O4Si2. The third kappa shape index (κ3) is 8.28. The van der Waals surface area contributed by atoms with E-state index < -0.39 is 16.1 Å². The Morgan fingerprint density at radius 2 is 1.73 bits per heavy atom. The van der Waals surface area contributed by atoms with Gasteiger partial charge in [-0.2, -0.15) is 5.10 Å². The Kier molecular flexibility index (Phi) is 10.7. The highest BCUT2D eigenvalue weighted by Gasteiger charge is 2.54. The summed E-state index contributed by atoms with van der Waals surface area (Å²) in [6.45, 7) is 23.8. The van der Waals surface area contributed by atoms with Gasteiger partial charge < -0.3 is 19.1 Å². The number of imidazole rings is 1. The summed E-state index contributed by atoms with van der Waals surface area (Å²) in [5.74, 6) is 1.55. The molecule has 2 fully saturated rings. The molecule has 49 heavy (non-hydrogen) atoms. The first-order valence-electron chi connectivity index (χ1n) is 18.1. The molecule has 0 N–H and O–H groups in total. The van der Waals surface area contributed by atoms with Crippen LogP contribution in [-0.4, -0.2) is 98.9 Å². The number of hydrogen-bond acceptors (Lipinski definition) is 7. The predicted molar refractivity (Wildman–Crippen MR) is 206 cm³/mol. The summed E-state index contributed by atoms with van der Waals surface area (Å²) in [7, 11) is -0.600. The standard InChI is InChI=1S/C36H57BrN6O4Si2/c1-25(41-10-12-45-13-11-41)35(44)40(3)30-20-29-31(19-28(30)37)42(23-46-14-16-48(4,5)6)34(38-29)33-27-18-26-21-36(26,2)22-32(27)43(39-33)24-47-15-17-49(7,8)9/h19-20,25-26H,10-18,21-24H2,1-9H3/t25?,26-,36-/m1/s1. The van der Waals surface area contributed by atoms with Crippen molar-refractivity contribution < 1.29 is 19.0 Å². The second kappa shape index (κ2) is 14.3. The maximum absolute atomic E-state index is 13.7. The van der Waals surface area contributed by atoms with Crippen LogP contribution >= 0.6 is 15.9 Å². The summed E-state index contributed by atoms with van der Waals surface area (Å²) < 4.78 is 23.3. The van der Waals surface area contributed by atoms with E-state index in [0.29, 0.717) is 44.6 Å². The van der Waals surface area contributed by atoms with Crippen LogP contribution in [0.25, 0.3) is 22.6 Å². The zero-order valence-electron chi connectivity index (χ0n) is 31.2. The van der Waals surface area contributed by atoms with Gasteiger partial charge >= 0.3 is 0 Å². The molecule has 3 heterocycles. The van der Waals surface area contributed by atoms with Crippen molar-refractivity contribution in [3.63, 3.8) is 0 Å². The molecule has 1 aliphatic heterocycles. The number of morpholine rings is 1. The van der Waals surface area contributed by atoms with Gasteiger partial charge in [0.1, 0.15) is 19.2 Å². The van der Waals surface area contributed by atoms with Crippen LogP contribution in [0.4, 0.5) is 5.69 Å². The second-order valence-corrected chi connectivity index (χ2v) is 29.4. The summed E-state index contributed by atoms with van der Waals surface area (Å²) in [6.07, 6.45) is 3.29. The zero-order valence-corrected chi connectivity index (χ0v) is 34.8. The van der Waals surface area contributed by atoms with Gasteiger partial charge in [0.15, 0.2) is 5.82 Å². The highest BCUT2D eigenvalue weighted by molar-refractivity contribution is 9.10. The van der Waals surface area contributed by atoms with Gasteiger partial charge in [0, 0.05) is 65.2 Å². The molecule has 0 radical (unpaired) electrons. The van der Waals surface area contributed by atoms with Crippen molar-refractivity contribution in [2.75, 3.05) is 51.5 Å². The number of ether oxygens (including phenoxy) is 3. The maximum Gasteiger partial charge on any atom is 0.243 e. The molecule has 3 atom stereocenters. The average Bonchev–Trinajstić information content (AvgIpc) is 3.42. The molecule has 1 amide bonds. The minimum atomic E-state index is -1.26. The Bertz CT molecular complexity index is 1670. The van der Waals surface area contributed by atoms with E-state index >= 15 is 0 Å². The highest BCUT2D eigenvalue weighted by atomic mass is 79.9. The summed E-state index contributed by atoms with van der Waals surface area (Å²) >= 11 is 3.83. The van der Waals surface area contributed by atoms with Crippen molar-refractivity contribution in [1.82, 2.24) is 24.2 Å². The number of carbonyl (C=O) groups is 1. The first-order valence-corrected chi connectivity index (χ1v) is 26.3. The Balaban J connectivity index is 1.36. The van der Waals surface area contributed by atoms with Gasteiger partial charge in [0.25, 0.3) is 0 Å². The SMILES string of the molecule is CC(C(=O)N(C)c1cc2nc(-c3nn(COCC[Si](C)(C)C)c4c3C[C@@H]3C[C@]3(C)C4)n(COCC[Si](C)(C)C)c2cc1Br)N1CCOCC1. The van der Waals surface area contributed by atoms with Crippen molar-refractivity contribution >= 4 is 54.7 Å². The number of aromatic nitrogens is 4. The van der Waals surface area contributed by atoms with Gasteiger partial charge in [-0.15, -0.1) is 0 Å². The van der Waals surface area contributed by atoms with Crippen LogP contribution in [0.3, 0.4) is 0 Å². The number of rotatable bonds is 14. The van der Waals surface area contributed by atoms with Gasteiger partial charge in [-0.3, -0.25) is 14.3 Å². The van der Waals surface area contributed by atoms with E-state index in [2.05, 4.69) is 82.4 Å². The Morgan fingerprint density at radius 3 is 2.39 bits per heavy atom. The van der Waals surface area contributed by atoms with E-state index in [4.69, 9.17) is 24.3 Å². The molecule has 270 valence electrons. The number of halogens is 1. The van der Waals surface area contributed by atoms with Gasteiger partial charge in [0.05, 0.1) is 36.0 Å². The summed E-state index contributed by atoms with van der Waals surface area (Å²) in [6, 6.07) is 6.10.